The lowest BCUT2D eigenvalue weighted by atomic mass is 9.94. The summed E-state index contributed by atoms with van der Waals surface area (Å²) in [6.45, 7) is 2.58. The summed E-state index contributed by atoms with van der Waals surface area (Å²) in [6, 6.07) is 13.7. The van der Waals surface area contributed by atoms with E-state index in [0.29, 0.717) is 42.3 Å². The molecule has 3 heterocycles. The highest BCUT2D eigenvalue weighted by Gasteiger charge is 2.37. The number of nitrogens with one attached hydrogen (secondary N) is 2. The maximum Gasteiger partial charge on any atom is 0.166 e. The highest BCUT2D eigenvalue weighted by molar-refractivity contribution is 9.10. The molecule has 12 heteroatoms. The molecular weight excluding hydrogens is 613 g/mol. The van der Waals surface area contributed by atoms with Crippen LogP contribution in [-0.2, 0) is 26.8 Å². The molecule has 0 spiro atoms. The number of halogens is 2. The number of nitrogens with zero attached hydrogens (tertiary/aromatic N) is 3. The van der Waals surface area contributed by atoms with Gasteiger partial charge in [-0.1, -0.05) is 19.1 Å². The average molecular weight is 643 g/mol. The molecule has 0 bridgehead atoms. The molecule has 9 nitrogen and oxygen atoms in total. The smallest absolute Gasteiger partial charge is 0.166 e. The van der Waals surface area contributed by atoms with Crippen LogP contribution in [0.2, 0.25) is 0 Å². The van der Waals surface area contributed by atoms with Crippen LogP contribution < -0.4 is 15.4 Å². The number of benzene rings is 2. The SMILES string of the molecule is CCS(=O)(=O)CCNCC1(c2cc3c(Nc4ccc(OCc5cccc(F)c5)c(Br)c4)ncnc3cn2)CC=CO1. The van der Waals surface area contributed by atoms with Gasteiger partial charge in [0.2, 0.25) is 0 Å². The van der Waals surface area contributed by atoms with Crippen molar-refractivity contribution in [3.8, 4) is 5.75 Å². The number of pyridine rings is 1. The van der Waals surface area contributed by atoms with Crippen LogP contribution in [0.3, 0.4) is 0 Å². The van der Waals surface area contributed by atoms with Crippen LogP contribution in [0, 0.1) is 5.82 Å². The van der Waals surface area contributed by atoms with Crippen molar-refractivity contribution in [2.75, 3.05) is 29.9 Å². The predicted molar refractivity (Wildman–Crippen MR) is 159 cm³/mol. The number of rotatable bonds is 12. The van der Waals surface area contributed by atoms with Gasteiger partial charge in [-0.25, -0.2) is 22.8 Å². The lowest BCUT2D eigenvalue weighted by Crippen LogP contribution is -2.40. The maximum absolute atomic E-state index is 13.5. The number of fused-ring (bicyclic) bond motifs is 1. The number of hydrogen-bond donors (Lipinski definition) is 2. The van der Waals surface area contributed by atoms with Crippen LogP contribution in [0.15, 0.2) is 77.9 Å². The van der Waals surface area contributed by atoms with E-state index in [1.54, 1.807) is 31.5 Å². The van der Waals surface area contributed by atoms with Gasteiger partial charge in [0.05, 0.1) is 33.9 Å². The predicted octanol–water partition coefficient (Wildman–Crippen LogP) is 5.40. The Morgan fingerprint density at radius 3 is 2.78 bits per heavy atom. The summed E-state index contributed by atoms with van der Waals surface area (Å²) in [4.78, 5) is 13.5. The van der Waals surface area contributed by atoms with E-state index in [1.165, 1.54) is 18.5 Å². The second kappa shape index (κ2) is 12.5. The van der Waals surface area contributed by atoms with Crippen LogP contribution in [-0.4, -0.2) is 48.0 Å². The third-order valence-electron chi connectivity index (χ3n) is 6.74. The normalized spacial score (nSPS) is 16.6. The molecule has 2 aromatic heterocycles. The topological polar surface area (TPSA) is 115 Å². The van der Waals surface area contributed by atoms with E-state index in [0.717, 1.165) is 21.1 Å². The number of ether oxygens (including phenoxy) is 2. The molecule has 214 valence electrons. The highest BCUT2D eigenvalue weighted by Crippen LogP contribution is 2.36. The quantitative estimate of drug-likeness (QED) is 0.196. The number of hydrogen-bond acceptors (Lipinski definition) is 9. The summed E-state index contributed by atoms with van der Waals surface area (Å²) in [5, 5.41) is 7.33. The maximum atomic E-state index is 13.5. The third kappa shape index (κ3) is 7.00. The summed E-state index contributed by atoms with van der Waals surface area (Å²) in [6.07, 6.45) is 7.30. The largest absolute Gasteiger partial charge is 0.488 e. The monoisotopic (exact) mass is 641 g/mol. The van der Waals surface area contributed by atoms with Gasteiger partial charge in [0.15, 0.2) is 15.4 Å². The van der Waals surface area contributed by atoms with Crippen LogP contribution in [0.5, 0.6) is 5.75 Å². The molecule has 0 saturated heterocycles. The Labute approximate surface area is 246 Å². The Kier molecular flexibility index (Phi) is 8.81. The number of aromatic nitrogens is 3. The Bertz CT molecular complexity index is 1680. The average Bonchev–Trinajstić information content (AvgIpc) is 3.45. The fourth-order valence-corrected chi connectivity index (χ4v) is 5.66. The molecular formula is C29H29BrFN5O4S. The van der Waals surface area contributed by atoms with E-state index in [4.69, 9.17) is 9.47 Å². The van der Waals surface area contributed by atoms with Crippen LogP contribution in [0.25, 0.3) is 10.9 Å². The second-order valence-corrected chi connectivity index (χ2v) is 12.9. The molecule has 0 amide bonds. The molecule has 1 aliphatic heterocycles. The Morgan fingerprint density at radius 2 is 2.02 bits per heavy atom. The van der Waals surface area contributed by atoms with E-state index in [1.807, 2.05) is 30.3 Å². The zero-order chi connectivity index (χ0) is 28.9. The van der Waals surface area contributed by atoms with Crippen LogP contribution in [0.1, 0.15) is 24.6 Å². The zero-order valence-corrected chi connectivity index (χ0v) is 24.7. The van der Waals surface area contributed by atoms with Crippen LogP contribution in [0.4, 0.5) is 15.9 Å². The Balaban J connectivity index is 1.33. The molecule has 2 aromatic carbocycles. The van der Waals surface area contributed by atoms with Crippen molar-refractivity contribution >= 4 is 48.2 Å². The van der Waals surface area contributed by atoms with Crippen LogP contribution >= 0.6 is 15.9 Å². The fraction of sp³-hybridized carbons (Fsp3) is 0.276. The number of sulfone groups is 1. The van der Waals surface area contributed by atoms with Gasteiger partial charge in [-0.15, -0.1) is 0 Å². The van der Waals surface area contributed by atoms with E-state index in [9.17, 15) is 12.8 Å². The molecule has 0 aliphatic carbocycles. The molecule has 4 aromatic rings. The van der Waals surface area contributed by atoms with Gasteiger partial charge in [0, 0.05) is 36.3 Å². The lowest BCUT2D eigenvalue weighted by Gasteiger charge is -2.29. The molecule has 41 heavy (non-hydrogen) atoms. The van der Waals surface area contributed by atoms with Gasteiger partial charge in [-0.05, 0) is 64.0 Å². The first-order valence-electron chi connectivity index (χ1n) is 13.1. The first kappa shape index (κ1) is 28.9. The molecule has 1 aliphatic rings. The van der Waals surface area contributed by atoms with Crippen molar-refractivity contribution < 1.29 is 22.3 Å². The summed E-state index contributed by atoms with van der Waals surface area (Å²) in [5.74, 6) is 1.07. The first-order valence-corrected chi connectivity index (χ1v) is 15.7. The minimum Gasteiger partial charge on any atom is -0.488 e. The van der Waals surface area contributed by atoms with Gasteiger partial charge >= 0.3 is 0 Å². The lowest BCUT2D eigenvalue weighted by molar-refractivity contribution is 0.0378. The van der Waals surface area contributed by atoms with Crippen molar-refractivity contribution in [1.82, 2.24) is 20.3 Å². The Morgan fingerprint density at radius 1 is 1.15 bits per heavy atom. The van der Waals surface area contributed by atoms with Crippen molar-refractivity contribution in [2.24, 2.45) is 0 Å². The standard InChI is InChI=1S/C29H29BrFN5O4S/c1-2-41(37,38)12-10-32-18-29(9-4-11-40-29)27-15-23-25(16-33-27)34-19-35-28(23)36-22-7-8-26(24(30)14-22)39-17-20-5-3-6-21(31)13-20/h3-8,11,13-16,19,32H,2,9-10,12,17-18H2,1H3,(H,34,35,36). The first-order chi connectivity index (χ1) is 19.8. The summed E-state index contributed by atoms with van der Waals surface area (Å²) in [5.41, 5.74) is 2.06. The molecule has 0 fully saturated rings. The Hall–Kier alpha value is -3.61. The van der Waals surface area contributed by atoms with Gasteiger partial charge in [0.25, 0.3) is 0 Å². The van der Waals surface area contributed by atoms with E-state index >= 15 is 0 Å². The van der Waals surface area contributed by atoms with E-state index in [-0.39, 0.29) is 23.9 Å². The van der Waals surface area contributed by atoms with Gasteiger partial charge in [-0.3, -0.25) is 4.98 Å². The molecule has 0 radical (unpaired) electrons. The van der Waals surface area contributed by atoms with Crippen molar-refractivity contribution in [2.45, 2.75) is 25.6 Å². The van der Waals surface area contributed by atoms with E-state index in [2.05, 4.69) is 41.5 Å². The summed E-state index contributed by atoms with van der Waals surface area (Å²) in [7, 11) is -3.07. The molecule has 0 saturated carbocycles. The van der Waals surface area contributed by atoms with Gasteiger partial charge < -0.3 is 20.1 Å². The summed E-state index contributed by atoms with van der Waals surface area (Å²) >= 11 is 3.56. The molecule has 1 unspecified atom stereocenters. The highest BCUT2D eigenvalue weighted by atomic mass is 79.9. The summed E-state index contributed by atoms with van der Waals surface area (Å²) < 4.78 is 49.9. The van der Waals surface area contributed by atoms with E-state index < -0.39 is 15.4 Å². The molecule has 5 rings (SSSR count). The van der Waals surface area contributed by atoms with Crippen molar-refractivity contribution in [3.63, 3.8) is 0 Å². The number of anilines is 2. The molecule has 1 atom stereocenters. The van der Waals surface area contributed by atoms with Gasteiger partial charge in [-0.2, -0.15) is 0 Å². The van der Waals surface area contributed by atoms with Gasteiger partial charge in [0.1, 0.15) is 30.3 Å². The second-order valence-electron chi connectivity index (χ2n) is 9.60. The van der Waals surface area contributed by atoms with Crippen molar-refractivity contribution in [1.29, 1.82) is 0 Å². The zero-order valence-electron chi connectivity index (χ0n) is 22.3. The van der Waals surface area contributed by atoms with Crippen molar-refractivity contribution in [3.05, 3.63) is 94.9 Å². The minimum atomic E-state index is -3.07. The molecule has 2 N–H and O–H groups in total. The fourth-order valence-electron chi connectivity index (χ4n) is 4.42. The third-order valence-corrected chi connectivity index (χ3v) is 9.07. The minimum absolute atomic E-state index is 0.0598.